The van der Waals surface area contributed by atoms with Gasteiger partial charge in [-0.15, -0.1) is 0 Å². The molecule has 130 valence electrons. The quantitative estimate of drug-likeness (QED) is 0.754. The molecule has 24 heavy (non-hydrogen) atoms. The number of carbonyl (C=O) groups is 3. The van der Waals surface area contributed by atoms with Crippen LogP contribution in [0, 0.1) is 0 Å². The average Bonchev–Trinajstić information content (AvgIpc) is 2.55. The van der Waals surface area contributed by atoms with Gasteiger partial charge in [-0.2, -0.15) is 11.8 Å². The minimum absolute atomic E-state index is 0.0278. The lowest BCUT2D eigenvalue weighted by Gasteiger charge is -2.33. The molecule has 1 saturated heterocycles. The average molecular weight is 350 g/mol. The Morgan fingerprint density at radius 2 is 1.54 bits per heavy atom. The van der Waals surface area contributed by atoms with Gasteiger partial charge in [0, 0.05) is 17.2 Å². The SMILES string of the molecule is CC(C)NC(=O)c1ccc(C(=O)NC2(C(=O)O)CCSCC2)cc1. The smallest absolute Gasteiger partial charge is 0.329 e. The van der Waals surface area contributed by atoms with Gasteiger partial charge in [-0.05, 0) is 62.5 Å². The third kappa shape index (κ3) is 4.29. The molecule has 0 aliphatic carbocycles. The maximum Gasteiger partial charge on any atom is 0.329 e. The van der Waals surface area contributed by atoms with Crippen molar-refractivity contribution in [1.29, 1.82) is 0 Å². The van der Waals surface area contributed by atoms with Gasteiger partial charge in [-0.25, -0.2) is 4.79 Å². The van der Waals surface area contributed by atoms with Gasteiger partial charge in [0.15, 0.2) is 0 Å². The lowest BCUT2D eigenvalue weighted by atomic mass is 9.91. The lowest BCUT2D eigenvalue weighted by molar-refractivity contribution is -0.144. The second kappa shape index (κ2) is 7.70. The summed E-state index contributed by atoms with van der Waals surface area (Å²) in [6.07, 6.45) is 0.821. The van der Waals surface area contributed by atoms with Crippen molar-refractivity contribution in [3.05, 3.63) is 35.4 Å². The molecule has 0 bridgehead atoms. The summed E-state index contributed by atoms with van der Waals surface area (Å²) in [5, 5.41) is 15.0. The van der Waals surface area contributed by atoms with Gasteiger partial charge in [-0.3, -0.25) is 9.59 Å². The van der Waals surface area contributed by atoms with Crippen LogP contribution in [0.1, 0.15) is 47.4 Å². The molecule has 1 aromatic rings. The van der Waals surface area contributed by atoms with E-state index in [-0.39, 0.29) is 11.9 Å². The normalized spacial score (nSPS) is 16.5. The molecule has 1 aliphatic heterocycles. The van der Waals surface area contributed by atoms with Gasteiger partial charge in [0.05, 0.1) is 0 Å². The zero-order valence-electron chi connectivity index (χ0n) is 13.8. The van der Waals surface area contributed by atoms with Crippen LogP contribution in [0.3, 0.4) is 0 Å². The molecule has 7 heteroatoms. The van der Waals surface area contributed by atoms with Crippen LogP contribution in [0.2, 0.25) is 0 Å². The molecule has 1 aromatic carbocycles. The Bertz CT molecular complexity index is 622. The second-order valence-corrected chi connectivity index (χ2v) is 7.38. The maximum atomic E-state index is 12.4. The highest BCUT2D eigenvalue weighted by Crippen LogP contribution is 2.27. The van der Waals surface area contributed by atoms with Crippen molar-refractivity contribution in [1.82, 2.24) is 10.6 Å². The molecule has 1 heterocycles. The van der Waals surface area contributed by atoms with E-state index in [1.54, 1.807) is 23.9 Å². The number of amides is 2. The van der Waals surface area contributed by atoms with E-state index in [1.807, 2.05) is 13.8 Å². The Hall–Kier alpha value is -2.02. The van der Waals surface area contributed by atoms with Gasteiger partial charge in [-0.1, -0.05) is 0 Å². The van der Waals surface area contributed by atoms with Gasteiger partial charge in [0.2, 0.25) is 0 Å². The van der Waals surface area contributed by atoms with Crippen molar-refractivity contribution in [2.45, 2.75) is 38.3 Å². The predicted molar refractivity (Wildman–Crippen MR) is 93.4 cm³/mol. The molecular weight excluding hydrogens is 328 g/mol. The first-order valence-corrected chi connectivity index (χ1v) is 9.04. The molecule has 3 N–H and O–H groups in total. The summed E-state index contributed by atoms with van der Waals surface area (Å²) < 4.78 is 0. The summed E-state index contributed by atoms with van der Waals surface area (Å²) in [5.74, 6) is -0.214. The third-order valence-electron chi connectivity index (χ3n) is 3.94. The number of aliphatic carboxylic acids is 1. The first-order valence-electron chi connectivity index (χ1n) is 7.89. The van der Waals surface area contributed by atoms with Crippen LogP contribution in [0.4, 0.5) is 0 Å². The number of thioether (sulfide) groups is 1. The topological polar surface area (TPSA) is 95.5 Å². The van der Waals surface area contributed by atoms with E-state index in [2.05, 4.69) is 10.6 Å². The lowest BCUT2D eigenvalue weighted by Crippen LogP contribution is -2.56. The zero-order chi connectivity index (χ0) is 17.7. The number of hydrogen-bond acceptors (Lipinski definition) is 4. The Labute approximate surface area is 145 Å². The molecule has 1 fully saturated rings. The van der Waals surface area contributed by atoms with Crippen LogP contribution in [0.25, 0.3) is 0 Å². The van der Waals surface area contributed by atoms with E-state index in [4.69, 9.17) is 0 Å². The van der Waals surface area contributed by atoms with Crippen LogP contribution in [-0.4, -0.2) is 46.0 Å². The first-order chi connectivity index (χ1) is 11.3. The zero-order valence-corrected chi connectivity index (χ0v) is 14.6. The monoisotopic (exact) mass is 350 g/mol. The fourth-order valence-corrected chi connectivity index (χ4v) is 3.71. The minimum atomic E-state index is -1.20. The summed E-state index contributed by atoms with van der Waals surface area (Å²) in [7, 11) is 0. The largest absolute Gasteiger partial charge is 0.480 e. The summed E-state index contributed by atoms with van der Waals surface area (Å²) in [5.41, 5.74) is -0.395. The highest BCUT2D eigenvalue weighted by molar-refractivity contribution is 7.99. The molecule has 6 nitrogen and oxygen atoms in total. The van der Waals surface area contributed by atoms with Crippen molar-refractivity contribution in [3.8, 4) is 0 Å². The standard InChI is InChI=1S/C17H22N2O4S/c1-11(2)18-14(20)12-3-5-13(6-4-12)15(21)19-17(16(22)23)7-9-24-10-8-17/h3-6,11H,7-10H2,1-2H3,(H,18,20)(H,19,21)(H,22,23). The summed E-state index contributed by atoms with van der Waals surface area (Å²) in [6.45, 7) is 3.74. The summed E-state index contributed by atoms with van der Waals surface area (Å²) in [6, 6.07) is 6.24. The molecule has 0 unspecified atom stereocenters. The molecule has 0 atom stereocenters. The number of carboxylic acid groups (broad SMARTS) is 1. The molecular formula is C17H22N2O4S. The number of hydrogen-bond donors (Lipinski definition) is 3. The first kappa shape index (κ1) is 18.3. The van der Waals surface area contributed by atoms with Crippen molar-refractivity contribution in [2.24, 2.45) is 0 Å². The summed E-state index contributed by atoms with van der Waals surface area (Å²) >= 11 is 1.69. The van der Waals surface area contributed by atoms with E-state index < -0.39 is 17.4 Å². The van der Waals surface area contributed by atoms with Crippen LogP contribution in [-0.2, 0) is 4.79 Å². The van der Waals surface area contributed by atoms with Crippen LogP contribution >= 0.6 is 11.8 Å². The summed E-state index contributed by atoms with van der Waals surface area (Å²) in [4.78, 5) is 35.9. The fourth-order valence-electron chi connectivity index (χ4n) is 2.52. The Morgan fingerprint density at radius 3 is 2.00 bits per heavy atom. The Balaban J connectivity index is 2.09. The second-order valence-electron chi connectivity index (χ2n) is 6.16. The molecule has 0 aromatic heterocycles. The van der Waals surface area contributed by atoms with Gasteiger partial charge in [0.25, 0.3) is 11.8 Å². The van der Waals surface area contributed by atoms with Crippen molar-refractivity contribution in [3.63, 3.8) is 0 Å². The number of nitrogens with one attached hydrogen (secondary N) is 2. The van der Waals surface area contributed by atoms with Gasteiger partial charge < -0.3 is 15.7 Å². The van der Waals surface area contributed by atoms with Crippen LogP contribution in [0.5, 0.6) is 0 Å². The van der Waals surface area contributed by atoms with Crippen molar-refractivity contribution >= 4 is 29.5 Å². The molecule has 0 saturated carbocycles. The number of carbonyl (C=O) groups excluding carboxylic acids is 2. The van der Waals surface area contributed by atoms with E-state index in [0.29, 0.717) is 35.5 Å². The van der Waals surface area contributed by atoms with E-state index in [0.717, 1.165) is 0 Å². The Morgan fingerprint density at radius 1 is 1.04 bits per heavy atom. The molecule has 1 aliphatic rings. The third-order valence-corrected chi connectivity index (χ3v) is 4.92. The fraction of sp³-hybridized carbons (Fsp3) is 0.471. The molecule has 0 spiro atoms. The van der Waals surface area contributed by atoms with Crippen molar-refractivity contribution < 1.29 is 19.5 Å². The Kier molecular flexibility index (Phi) is 5.88. The van der Waals surface area contributed by atoms with Crippen LogP contribution < -0.4 is 10.6 Å². The molecule has 2 rings (SSSR count). The minimum Gasteiger partial charge on any atom is -0.480 e. The van der Waals surface area contributed by atoms with Crippen LogP contribution in [0.15, 0.2) is 24.3 Å². The van der Waals surface area contributed by atoms with E-state index in [1.165, 1.54) is 12.1 Å². The predicted octanol–water partition coefficient (Wildman–Crippen LogP) is 1.90. The van der Waals surface area contributed by atoms with E-state index >= 15 is 0 Å². The van der Waals surface area contributed by atoms with Gasteiger partial charge >= 0.3 is 5.97 Å². The highest BCUT2D eigenvalue weighted by atomic mass is 32.2. The molecule has 0 radical (unpaired) electrons. The number of benzene rings is 1. The van der Waals surface area contributed by atoms with E-state index in [9.17, 15) is 19.5 Å². The van der Waals surface area contributed by atoms with Gasteiger partial charge in [0.1, 0.15) is 5.54 Å². The molecule has 2 amide bonds. The maximum absolute atomic E-state index is 12.4. The number of rotatable bonds is 5. The van der Waals surface area contributed by atoms with Crippen molar-refractivity contribution in [2.75, 3.05) is 11.5 Å². The number of carboxylic acids is 1. The highest BCUT2D eigenvalue weighted by Gasteiger charge is 2.41.